The minimum absolute atomic E-state index is 0.979. The van der Waals surface area contributed by atoms with Crippen molar-refractivity contribution in [2.75, 3.05) is 0 Å². The average Bonchev–Trinajstić information content (AvgIpc) is 1.68. The molecule has 0 amide bonds. The third-order valence-electron chi connectivity index (χ3n) is 26.8. The molecule has 0 radical (unpaired) electrons. The van der Waals surface area contributed by atoms with E-state index in [1.807, 2.05) is 12.3 Å². The minimum Gasteiger partial charge on any atom is -0.354 e. The first-order chi connectivity index (χ1) is 64.0. The van der Waals surface area contributed by atoms with Crippen molar-refractivity contribution in [1.29, 1.82) is 0 Å². The number of nitrogens with zero attached hydrogens (tertiary/aromatic N) is 3. The molecule has 27 aromatic rings. The van der Waals surface area contributed by atoms with Crippen molar-refractivity contribution in [3.05, 3.63) is 479 Å². The van der Waals surface area contributed by atoms with E-state index >= 15 is 0 Å². The minimum atomic E-state index is 0.979. The zero-order chi connectivity index (χ0) is 85.0. The number of aromatic nitrogens is 4. The van der Waals surface area contributed by atoms with Crippen LogP contribution in [0.3, 0.4) is 0 Å². The summed E-state index contributed by atoms with van der Waals surface area (Å²) >= 11 is 0. The number of rotatable bonds is 9. The number of pyridine rings is 1. The molecule has 0 spiro atoms. The van der Waals surface area contributed by atoms with Crippen LogP contribution in [0.1, 0.15) is 0 Å². The first-order valence-electron chi connectivity index (χ1n) is 44.4. The fraction of sp³-hybridized carbons (Fsp3) is 0. The molecule has 4 aromatic heterocycles. The average molecular weight is 1640 g/mol. The molecule has 4 heterocycles. The Morgan fingerprint density at radius 2 is 0.426 bits per heavy atom. The molecule has 0 unspecified atom stereocenters. The Morgan fingerprint density at radius 3 is 0.829 bits per heavy atom. The molecule has 600 valence electrons. The molecule has 0 aliphatic rings. The van der Waals surface area contributed by atoms with E-state index in [1.165, 1.54) is 218 Å². The van der Waals surface area contributed by atoms with Crippen LogP contribution in [0.5, 0.6) is 0 Å². The van der Waals surface area contributed by atoms with Crippen molar-refractivity contribution in [2.45, 2.75) is 0 Å². The van der Waals surface area contributed by atoms with Crippen LogP contribution >= 0.6 is 0 Å². The lowest BCUT2D eigenvalue weighted by molar-refractivity contribution is 1.18. The molecule has 27 rings (SSSR count). The van der Waals surface area contributed by atoms with E-state index in [9.17, 15) is 0 Å². The van der Waals surface area contributed by atoms with E-state index in [-0.39, 0.29) is 0 Å². The van der Waals surface area contributed by atoms with Crippen LogP contribution < -0.4 is 0 Å². The van der Waals surface area contributed by atoms with Crippen molar-refractivity contribution in [3.8, 4) is 89.4 Å². The summed E-state index contributed by atoms with van der Waals surface area (Å²) in [4.78, 5) is 8.61. The molecular weight excluding hydrogens is 1560 g/mol. The highest BCUT2D eigenvalue weighted by molar-refractivity contribution is 6.29. The molecule has 0 aliphatic heterocycles. The van der Waals surface area contributed by atoms with Gasteiger partial charge in [0.05, 0.1) is 33.3 Å². The highest BCUT2D eigenvalue weighted by Crippen LogP contribution is 2.46. The summed E-state index contributed by atoms with van der Waals surface area (Å²) in [5.41, 5.74) is 26.0. The van der Waals surface area contributed by atoms with Gasteiger partial charge in [-0.05, 0) is 250 Å². The van der Waals surface area contributed by atoms with E-state index in [4.69, 9.17) is 4.98 Å². The summed E-state index contributed by atoms with van der Waals surface area (Å²) in [5, 5.41) is 31.0. The van der Waals surface area contributed by atoms with E-state index < -0.39 is 0 Å². The molecule has 0 saturated heterocycles. The SMILES string of the molecule is c1cc(-c2ccc(-n3c4ccccc4c4ccccc43)cc2)cc(-c2ccc3c4ccccc4c4ccccc4c3c2)c1.c1cc(-c2ccc3c4ccccc4c4ccccc4c3c2)cc(-c2ncccc2-c2cccc3c2[nH]c2ccccc23)c1.c1cc(-c2cccc(-n3c4ccccc4c4ccccc43)c2)cc(-c2ccc3c4ccccc4c4ccccc4c3c2)c1. The number of nitrogens with one attached hydrogen (secondary N) is 1. The quantitative estimate of drug-likeness (QED) is 0.144. The number of hydrogen-bond acceptors (Lipinski definition) is 1. The lowest BCUT2D eigenvalue weighted by Crippen LogP contribution is -1.94. The Labute approximate surface area is 745 Å². The molecular formula is C125H80N4. The van der Waals surface area contributed by atoms with Gasteiger partial charge in [0.15, 0.2) is 0 Å². The van der Waals surface area contributed by atoms with Crippen molar-refractivity contribution >= 4 is 162 Å². The second kappa shape index (κ2) is 31.0. The van der Waals surface area contributed by atoms with Crippen molar-refractivity contribution < 1.29 is 0 Å². The lowest BCUT2D eigenvalue weighted by Gasteiger charge is -2.13. The molecule has 0 saturated carbocycles. The van der Waals surface area contributed by atoms with Crippen molar-refractivity contribution in [3.63, 3.8) is 0 Å². The molecule has 0 bridgehead atoms. The van der Waals surface area contributed by atoms with Crippen LogP contribution in [0, 0.1) is 0 Å². The molecule has 1 N–H and O–H groups in total. The lowest BCUT2D eigenvalue weighted by atomic mass is 9.91. The van der Waals surface area contributed by atoms with E-state index in [0.717, 1.165) is 33.4 Å². The van der Waals surface area contributed by atoms with Gasteiger partial charge in [-0.1, -0.05) is 376 Å². The maximum atomic E-state index is 4.93. The van der Waals surface area contributed by atoms with Crippen molar-refractivity contribution in [2.24, 2.45) is 0 Å². The van der Waals surface area contributed by atoms with Crippen molar-refractivity contribution in [1.82, 2.24) is 19.1 Å². The van der Waals surface area contributed by atoms with E-state index in [2.05, 4.69) is 481 Å². The normalized spacial score (nSPS) is 11.7. The zero-order valence-electron chi connectivity index (χ0n) is 70.5. The Morgan fingerprint density at radius 1 is 0.155 bits per heavy atom. The first kappa shape index (κ1) is 74.6. The Hall–Kier alpha value is -17.1. The Kier molecular flexibility index (Phi) is 17.9. The number of hydrogen-bond donors (Lipinski definition) is 1. The largest absolute Gasteiger partial charge is 0.354 e. The van der Waals surface area contributed by atoms with E-state index in [1.54, 1.807) is 0 Å². The summed E-state index contributed by atoms with van der Waals surface area (Å²) in [5.74, 6) is 0. The predicted octanol–water partition coefficient (Wildman–Crippen LogP) is 34.3. The molecule has 0 aliphatic carbocycles. The van der Waals surface area contributed by atoms with Gasteiger partial charge < -0.3 is 14.1 Å². The fourth-order valence-corrected chi connectivity index (χ4v) is 20.8. The molecule has 4 nitrogen and oxygen atoms in total. The second-order valence-corrected chi connectivity index (χ2v) is 33.9. The smallest absolute Gasteiger partial charge is 0.0781 e. The molecule has 4 heteroatoms. The van der Waals surface area contributed by atoms with Crippen LogP contribution in [0.15, 0.2) is 479 Å². The number of aromatic amines is 1. The summed E-state index contributed by atoms with van der Waals surface area (Å²) in [6, 6.07) is 172. The van der Waals surface area contributed by atoms with Gasteiger partial charge in [-0.3, -0.25) is 4.98 Å². The fourth-order valence-electron chi connectivity index (χ4n) is 20.8. The number of H-pyrrole nitrogens is 1. The van der Waals surface area contributed by atoms with Gasteiger partial charge in [0, 0.05) is 72.1 Å². The standard InChI is InChI=1S/2C42H27N.C41H26N2/c1-2-17-35-33(15-1)34-16-3-4-18-36(34)40-27-31(23-24-37(35)40)29-12-9-11-28(25-29)30-13-10-14-32(26-30)43-41-21-7-5-19-38(41)39-20-6-8-22-42(39)43;1-2-14-35-33(12-1)34-13-3-4-15-36(34)40-27-31(22-25-37(35)40)30-11-9-10-29(26-30)28-20-23-32(24-21-28)43-41-18-7-5-16-38(41)39-17-6-8-19-42(39)43;1-2-14-31-29(12-1)30-13-3-4-15-32(30)38-25-27(21-22-33(31)38)26-10-7-11-28(24-26)40-36(19-9-23-42-40)37-18-8-17-35-34-16-5-6-20-39(34)43-41(35)37/h2*1-27H;1-25,43H. The number of para-hydroxylation sites is 6. The number of fused-ring (bicyclic) bond motifs is 27. The molecule has 0 fully saturated rings. The van der Waals surface area contributed by atoms with Crippen LogP contribution in [-0.4, -0.2) is 19.1 Å². The molecule has 23 aromatic carbocycles. The van der Waals surface area contributed by atoms with Crippen LogP contribution in [0.25, 0.3) is 252 Å². The van der Waals surface area contributed by atoms with Crippen LogP contribution in [0.4, 0.5) is 0 Å². The monoisotopic (exact) mass is 1640 g/mol. The maximum Gasteiger partial charge on any atom is 0.0781 e. The third kappa shape index (κ3) is 12.7. The van der Waals surface area contributed by atoms with Gasteiger partial charge >= 0.3 is 0 Å². The van der Waals surface area contributed by atoms with Crippen LogP contribution in [-0.2, 0) is 0 Å². The zero-order valence-corrected chi connectivity index (χ0v) is 70.5. The van der Waals surface area contributed by atoms with Gasteiger partial charge in [0.2, 0.25) is 0 Å². The third-order valence-corrected chi connectivity index (χ3v) is 26.8. The van der Waals surface area contributed by atoms with Gasteiger partial charge in [-0.15, -0.1) is 0 Å². The van der Waals surface area contributed by atoms with E-state index in [0.29, 0.717) is 0 Å². The molecule has 129 heavy (non-hydrogen) atoms. The number of benzene rings is 23. The van der Waals surface area contributed by atoms with Gasteiger partial charge in [0.1, 0.15) is 0 Å². The van der Waals surface area contributed by atoms with Gasteiger partial charge in [0.25, 0.3) is 0 Å². The summed E-state index contributed by atoms with van der Waals surface area (Å²) in [6.07, 6.45) is 1.89. The van der Waals surface area contributed by atoms with Gasteiger partial charge in [-0.2, -0.15) is 0 Å². The highest BCUT2D eigenvalue weighted by Gasteiger charge is 2.21. The Bertz CT molecular complexity index is 9000. The first-order valence-corrected chi connectivity index (χ1v) is 44.4. The maximum absolute atomic E-state index is 4.93. The molecule has 0 atom stereocenters. The Balaban J connectivity index is 0.000000105. The summed E-state index contributed by atoms with van der Waals surface area (Å²) in [7, 11) is 0. The topological polar surface area (TPSA) is 38.5 Å². The summed E-state index contributed by atoms with van der Waals surface area (Å²) in [6.45, 7) is 0. The van der Waals surface area contributed by atoms with Crippen LogP contribution in [0.2, 0.25) is 0 Å². The second-order valence-electron chi connectivity index (χ2n) is 33.9. The predicted molar refractivity (Wildman–Crippen MR) is 551 cm³/mol. The highest BCUT2D eigenvalue weighted by atomic mass is 15.0. The summed E-state index contributed by atoms with van der Waals surface area (Å²) < 4.78 is 4.75. The van der Waals surface area contributed by atoms with Gasteiger partial charge in [-0.25, -0.2) is 0 Å².